The van der Waals surface area contributed by atoms with Crippen LogP contribution in [-0.4, -0.2) is 85.3 Å². The largest absolute Gasteiger partial charge is 0.487 e. The fraction of sp³-hybridized carbons (Fsp3) is 0.633. The van der Waals surface area contributed by atoms with Crippen molar-refractivity contribution >= 4 is 17.3 Å². The summed E-state index contributed by atoms with van der Waals surface area (Å²) in [6, 6.07) is 12.2. The van der Waals surface area contributed by atoms with E-state index in [-0.39, 0.29) is 30.6 Å². The lowest BCUT2D eigenvalue weighted by molar-refractivity contribution is -0.0570. The van der Waals surface area contributed by atoms with Gasteiger partial charge in [-0.05, 0) is 74.6 Å². The van der Waals surface area contributed by atoms with Gasteiger partial charge in [-0.3, -0.25) is 4.90 Å². The summed E-state index contributed by atoms with van der Waals surface area (Å²) in [6.07, 6.45) is 1.26. The first-order valence-electron chi connectivity index (χ1n) is 14.3. The first-order valence-corrected chi connectivity index (χ1v) is 15.1. The first-order chi connectivity index (χ1) is 19.3. The number of rotatable bonds is 15. The van der Waals surface area contributed by atoms with Crippen molar-refractivity contribution in [1.82, 2.24) is 4.90 Å². The van der Waals surface area contributed by atoms with E-state index >= 15 is 0 Å². The topological polar surface area (TPSA) is 88.5 Å². The van der Waals surface area contributed by atoms with Gasteiger partial charge in [0.1, 0.15) is 10.6 Å². The van der Waals surface area contributed by atoms with Gasteiger partial charge >= 0.3 is 5.97 Å². The normalized spacial score (nSPS) is 23.8. The van der Waals surface area contributed by atoms with Crippen LogP contribution in [0.1, 0.15) is 53.1 Å². The summed E-state index contributed by atoms with van der Waals surface area (Å²) in [5.74, 6) is -3.58. The number of para-hydroxylation sites is 1. The highest BCUT2D eigenvalue weighted by atomic mass is 32.1. The van der Waals surface area contributed by atoms with E-state index < -0.39 is 31.2 Å². The van der Waals surface area contributed by atoms with E-state index in [1.807, 2.05) is 6.07 Å². The van der Waals surface area contributed by atoms with Gasteiger partial charge in [0, 0.05) is 30.9 Å². The number of aryl methyl sites for hydroxylation is 1. The number of ether oxygens (including phenoxy) is 3. The summed E-state index contributed by atoms with van der Waals surface area (Å²) in [5, 5.41) is 21.0. The number of aliphatic hydroxyl groups excluding tert-OH is 2. The van der Waals surface area contributed by atoms with Crippen LogP contribution >= 0.6 is 11.3 Å². The quantitative estimate of drug-likeness (QED) is 0.231. The molecular weight excluding hydrogens is 540 g/mol. The number of esters is 1. The van der Waals surface area contributed by atoms with Gasteiger partial charge in [0.05, 0.1) is 32.0 Å². The number of carbonyl (C=O) groups excluding carboxylic acids is 1. The fourth-order valence-electron chi connectivity index (χ4n) is 5.62. The van der Waals surface area contributed by atoms with Gasteiger partial charge in [-0.2, -0.15) is 0 Å². The van der Waals surface area contributed by atoms with Gasteiger partial charge in [0.15, 0.2) is 6.61 Å². The molecule has 1 saturated heterocycles. The van der Waals surface area contributed by atoms with Crippen LogP contribution in [0.2, 0.25) is 0 Å². The molecule has 2 aromatic rings. The van der Waals surface area contributed by atoms with E-state index in [4.69, 9.17) is 14.2 Å². The third kappa shape index (κ3) is 9.48. The number of alkyl halides is 2. The molecular formula is C30H41F2NO6S. The van der Waals surface area contributed by atoms with Crippen LogP contribution in [0, 0.1) is 11.8 Å². The number of hydrogen-bond acceptors (Lipinski definition) is 8. The monoisotopic (exact) mass is 581 g/mol. The Labute approximate surface area is 239 Å². The van der Waals surface area contributed by atoms with E-state index in [1.54, 1.807) is 36.4 Å². The van der Waals surface area contributed by atoms with Gasteiger partial charge in [0.2, 0.25) is 0 Å². The minimum Gasteiger partial charge on any atom is -0.487 e. The predicted molar refractivity (Wildman–Crippen MR) is 149 cm³/mol. The molecule has 1 aliphatic heterocycles. The van der Waals surface area contributed by atoms with E-state index in [0.29, 0.717) is 30.1 Å². The van der Waals surface area contributed by atoms with Gasteiger partial charge in [-0.15, -0.1) is 11.3 Å². The maximum atomic E-state index is 14.5. The number of carbonyl (C=O) groups is 1. The molecule has 0 bridgehead atoms. The highest BCUT2D eigenvalue weighted by molar-refractivity contribution is 7.13. The number of nitrogens with zero attached hydrogens (tertiary/aromatic N) is 1. The average Bonchev–Trinajstić information content (AvgIpc) is 3.53. The van der Waals surface area contributed by atoms with Crippen LogP contribution < -0.4 is 4.74 Å². The Kier molecular flexibility index (Phi) is 11.7. The molecule has 0 radical (unpaired) electrons. The molecule has 1 aromatic heterocycles. The Morgan fingerprint density at radius 2 is 1.75 bits per heavy atom. The van der Waals surface area contributed by atoms with Crippen LogP contribution in [0.4, 0.5) is 8.78 Å². The summed E-state index contributed by atoms with van der Waals surface area (Å²) < 4.78 is 45.1. The number of morpholine rings is 1. The summed E-state index contributed by atoms with van der Waals surface area (Å²) in [7, 11) is 0. The third-order valence-electron chi connectivity index (χ3n) is 7.84. The van der Waals surface area contributed by atoms with Crippen molar-refractivity contribution in [3.63, 3.8) is 0 Å². The van der Waals surface area contributed by atoms with E-state index in [9.17, 15) is 23.8 Å². The molecule has 1 aromatic carbocycles. The van der Waals surface area contributed by atoms with E-state index in [0.717, 1.165) is 50.6 Å². The van der Waals surface area contributed by atoms with Crippen molar-refractivity contribution in [3.05, 3.63) is 52.2 Å². The minimum absolute atomic E-state index is 0.120. The average molecular weight is 582 g/mol. The lowest BCUT2D eigenvalue weighted by Gasteiger charge is -2.26. The third-order valence-corrected chi connectivity index (χ3v) is 8.96. The predicted octanol–water partition coefficient (Wildman–Crippen LogP) is 4.80. The number of aliphatic hydroxyl groups is 2. The van der Waals surface area contributed by atoms with Gasteiger partial charge in [0.25, 0.3) is 5.92 Å². The molecule has 222 valence electrons. The van der Waals surface area contributed by atoms with E-state index in [2.05, 4.69) is 4.90 Å². The number of hydrogen-bond donors (Lipinski definition) is 2. The summed E-state index contributed by atoms with van der Waals surface area (Å²) in [5.41, 5.74) is 0. The smallest absolute Gasteiger partial charge is 0.348 e. The lowest BCUT2D eigenvalue weighted by Crippen LogP contribution is -2.37. The lowest BCUT2D eigenvalue weighted by atomic mass is 9.85. The van der Waals surface area contributed by atoms with Crippen LogP contribution in [0.25, 0.3) is 0 Å². The van der Waals surface area contributed by atoms with Crippen molar-refractivity contribution < 1.29 is 38.0 Å². The summed E-state index contributed by atoms with van der Waals surface area (Å²) in [6.45, 7) is 3.87. The SMILES string of the molecule is O=C(OCCCN1CCOCC1)c1ccc(CCC[C@@H]2[C@@H](CCC(F)(F)COc3ccccc3)[C@@H](O)C[C@@H]2O)s1. The Morgan fingerprint density at radius 1 is 1.02 bits per heavy atom. The molecule has 0 spiro atoms. The number of benzene rings is 1. The molecule has 2 fully saturated rings. The van der Waals surface area contributed by atoms with Crippen LogP contribution in [-0.2, 0) is 15.9 Å². The fourth-order valence-corrected chi connectivity index (χ4v) is 6.56. The maximum absolute atomic E-state index is 14.5. The molecule has 1 aliphatic carbocycles. The Bertz CT molecular complexity index is 1030. The molecule has 4 rings (SSSR count). The van der Waals surface area contributed by atoms with Crippen molar-refractivity contribution in [2.45, 2.75) is 63.1 Å². The van der Waals surface area contributed by atoms with Crippen LogP contribution in [0.15, 0.2) is 42.5 Å². The minimum atomic E-state index is -3.03. The van der Waals surface area contributed by atoms with Gasteiger partial charge in [-0.1, -0.05) is 18.2 Å². The van der Waals surface area contributed by atoms with Crippen molar-refractivity contribution in [2.24, 2.45) is 11.8 Å². The Morgan fingerprint density at radius 3 is 2.50 bits per heavy atom. The van der Waals surface area contributed by atoms with E-state index in [1.165, 1.54) is 11.3 Å². The second-order valence-corrected chi connectivity index (χ2v) is 12.0. The molecule has 4 atom stereocenters. The summed E-state index contributed by atoms with van der Waals surface area (Å²) >= 11 is 1.40. The number of halogens is 2. The second kappa shape index (κ2) is 15.2. The zero-order valence-corrected chi connectivity index (χ0v) is 23.7. The highest BCUT2D eigenvalue weighted by Crippen LogP contribution is 2.40. The molecule has 10 heteroatoms. The molecule has 2 aliphatic rings. The van der Waals surface area contributed by atoms with Crippen LogP contribution in [0.3, 0.4) is 0 Å². The second-order valence-electron chi connectivity index (χ2n) is 10.8. The van der Waals surface area contributed by atoms with Crippen molar-refractivity contribution in [2.75, 3.05) is 46.1 Å². The van der Waals surface area contributed by atoms with Gasteiger partial charge in [-0.25, -0.2) is 13.6 Å². The molecule has 1 saturated carbocycles. The molecule has 40 heavy (non-hydrogen) atoms. The Hall–Kier alpha value is -2.11. The molecule has 2 N–H and O–H groups in total. The van der Waals surface area contributed by atoms with Gasteiger partial charge < -0.3 is 24.4 Å². The molecule has 7 nitrogen and oxygen atoms in total. The number of thiophene rings is 1. The molecule has 0 unspecified atom stereocenters. The summed E-state index contributed by atoms with van der Waals surface area (Å²) in [4.78, 5) is 16.3. The molecule has 0 amide bonds. The molecule has 2 heterocycles. The van der Waals surface area contributed by atoms with Crippen molar-refractivity contribution in [3.8, 4) is 5.75 Å². The Balaban J connectivity index is 1.17. The first kappa shape index (κ1) is 30.8. The standard InChI is InChI=1S/C30H41F2NO6S/c31-30(32,21-39-22-6-2-1-3-7-22)13-12-25-24(26(34)20-27(25)35)9-4-8-23-10-11-28(40-23)29(36)38-17-5-14-33-15-18-37-19-16-33/h1-3,6-7,10-11,24-27,34-35H,4-5,8-9,12-21H2/t24-,25-,26+,27+/m1/s1. The zero-order chi connectivity index (χ0) is 28.4. The zero-order valence-electron chi connectivity index (χ0n) is 22.9. The van der Waals surface area contributed by atoms with Crippen LogP contribution in [0.5, 0.6) is 5.75 Å². The highest BCUT2D eigenvalue weighted by Gasteiger charge is 2.43. The van der Waals surface area contributed by atoms with Crippen molar-refractivity contribution in [1.29, 1.82) is 0 Å². The maximum Gasteiger partial charge on any atom is 0.348 e.